The molecule has 1 fully saturated rings. The Bertz CT molecular complexity index is 488. The number of amides is 1. The number of hydrogen-bond donors (Lipinski definition) is 2. The normalized spacial score (nSPS) is 16.9. The second-order valence-electron chi connectivity index (χ2n) is 5.37. The summed E-state index contributed by atoms with van der Waals surface area (Å²) in [6.45, 7) is 6.69. The maximum absolute atomic E-state index is 12.1. The number of halogens is 1. The summed E-state index contributed by atoms with van der Waals surface area (Å²) in [5.74, 6) is -0.0450. The van der Waals surface area contributed by atoms with Gasteiger partial charge in [0, 0.05) is 32.7 Å². The molecule has 1 aliphatic heterocycles. The fraction of sp³-hybridized carbons (Fsp3) is 0.533. The van der Waals surface area contributed by atoms with Crippen molar-refractivity contribution in [3.8, 4) is 0 Å². The molecule has 2 rings (SSSR count). The molecule has 6 heteroatoms. The fourth-order valence-electron chi connectivity index (χ4n) is 2.43. The molecule has 5 nitrogen and oxygen atoms in total. The second-order valence-corrected chi connectivity index (χ2v) is 5.78. The van der Waals surface area contributed by atoms with E-state index in [0.717, 1.165) is 31.7 Å². The molecule has 1 aromatic carbocycles. The molecule has 21 heavy (non-hydrogen) atoms. The Balaban J connectivity index is 1.80. The summed E-state index contributed by atoms with van der Waals surface area (Å²) in [6.07, 6.45) is 0. The molecule has 1 heterocycles. The van der Waals surface area contributed by atoms with Crippen LogP contribution < -0.4 is 5.32 Å². The summed E-state index contributed by atoms with van der Waals surface area (Å²) >= 11 is 6.11. The lowest BCUT2D eigenvalue weighted by atomic mass is 10.2. The molecular formula is C15H22ClN3O2. The van der Waals surface area contributed by atoms with Gasteiger partial charge in [-0.1, -0.05) is 17.7 Å². The number of hydrogen-bond acceptors (Lipinski definition) is 4. The maximum atomic E-state index is 12.1. The van der Waals surface area contributed by atoms with E-state index in [1.165, 1.54) is 0 Å². The Morgan fingerprint density at radius 1 is 1.29 bits per heavy atom. The molecule has 0 radical (unpaired) electrons. The minimum atomic E-state index is -0.0450. The first-order chi connectivity index (χ1) is 10.1. The van der Waals surface area contributed by atoms with Gasteiger partial charge in [-0.05, 0) is 24.6 Å². The summed E-state index contributed by atoms with van der Waals surface area (Å²) in [7, 11) is 0. The van der Waals surface area contributed by atoms with Crippen LogP contribution in [-0.2, 0) is 4.79 Å². The highest BCUT2D eigenvalue weighted by Gasteiger charge is 2.18. The molecule has 0 saturated carbocycles. The summed E-state index contributed by atoms with van der Waals surface area (Å²) < 4.78 is 0. The van der Waals surface area contributed by atoms with E-state index in [2.05, 4.69) is 15.1 Å². The van der Waals surface area contributed by atoms with Crippen LogP contribution in [0.3, 0.4) is 0 Å². The molecule has 1 aromatic rings. The van der Waals surface area contributed by atoms with E-state index < -0.39 is 0 Å². The zero-order valence-electron chi connectivity index (χ0n) is 12.3. The average Bonchev–Trinajstić information content (AvgIpc) is 2.44. The molecule has 116 valence electrons. The third-order valence-electron chi connectivity index (χ3n) is 3.65. The van der Waals surface area contributed by atoms with Gasteiger partial charge in [-0.15, -0.1) is 0 Å². The number of aryl methyl sites for hydroxylation is 1. The standard InChI is InChI=1S/C15H22ClN3O2/c1-12-2-3-14(13(16)10-12)17-15(21)11-19-6-4-18(5-7-19)8-9-20/h2-3,10,20H,4-9,11H2,1H3,(H,17,21). The number of aliphatic hydroxyl groups excluding tert-OH is 1. The molecule has 0 aliphatic carbocycles. The van der Waals surface area contributed by atoms with Gasteiger partial charge in [0.05, 0.1) is 23.9 Å². The minimum absolute atomic E-state index is 0.0450. The number of carbonyl (C=O) groups is 1. The minimum Gasteiger partial charge on any atom is -0.395 e. The lowest BCUT2D eigenvalue weighted by Gasteiger charge is -2.33. The van der Waals surface area contributed by atoms with E-state index in [-0.39, 0.29) is 12.5 Å². The van der Waals surface area contributed by atoms with Crippen molar-refractivity contribution in [3.63, 3.8) is 0 Å². The molecule has 1 saturated heterocycles. The first-order valence-corrected chi connectivity index (χ1v) is 7.58. The molecular weight excluding hydrogens is 290 g/mol. The Hall–Kier alpha value is -1.14. The van der Waals surface area contributed by atoms with Gasteiger partial charge in [0.25, 0.3) is 0 Å². The molecule has 0 spiro atoms. The van der Waals surface area contributed by atoms with Crippen LogP contribution in [0.4, 0.5) is 5.69 Å². The molecule has 1 amide bonds. The van der Waals surface area contributed by atoms with Crippen LogP contribution in [-0.4, -0.2) is 66.7 Å². The SMILES string of the molecule is Cc1ccc(NC(=O)CN2CCN(CCO)CC2)c(Cl)c1. The van der Waals surface area contributed by atoms with Crippen LogP contribution in [0.2, 0.25) is 5.02 Å². The van der Waals surface area contributed by atoms with Gasteiger partial charge in [0.1, 0.15) is 0 Å². The first kappa shape index (κ1) is 16.2. The Kier molecular flexibility index (Phi) is 5.99. The van der Waals surface area contributed by atoms with Crippen LogP contribution in [0.15, 0.2) is 18.2 Å². The number of β-amino-alcohol motifs (C(OH)–C–C–N with tert-alkyl or cyclic N) is 1. The van der Waals surface area contributed by atoms with Crippen molar-refractivity contribution in [1.29, 1.82) is 0 Å². The molecule has 0 bridgehead atoms. The molecule has 0 aromatic heterocycles. The van der Waals surface area contributed by atoms with Crippen molar-refractivity contribution in [2.24, 2.45) is 0 Å². The number of aliphatic hydroxyl groups is 1. The second kappa shape index (κ2) is 7.75. The predicted octanol–water partition coefficient (Wildman–Crippen LogP) is 1.20. The lowest BCUT2D eigenvalue weighted by molar-refractivity contribution is -0.117. The third kappa shape index (κ3) is 4.97. The van der Waals surface area contributed by atoms with Gasteiger partial charge in [-0.25, -0.2) is 0 Å². The topological polar surface area (TPSA) is 55.8 Å². The van der Waals surface area contributed by atoms with Crippen molar-refractivity contribution in [2.75, 3.05) is 51.2 Å². The van der Waals surface area contributed by atoms with E-state index in [0.29, 0.717) is 23.8 Å². The largest absolute Gasteiger partial charge is 0.395 e. The van der Waals surface area contributed by atoms with Crippen LogP contribution in [0.1, 0.15) is 5.56 Å². The Labute approximate surface area is 130 Å². The number of benzene rings is 1. The van der Waals surface area contributed by atoms with E-state index in [1.807, 2.05) is 25.1 Å². The van der Waals surface area contributed by atoms with Crippen LogP contribution in [0.5, 0.6) is 0 Å². The number of rotatable bonds is 5. The molecule has 1 aliphatic rings. The van der Waals surface area contributed by atoms with Crippen LogP contribution in [0, 0.1) is 6.92 Å². The van der Waals surface area contributed by atoms with E-state index >= 15 is 0 Å². The van der Waals surface area contributed by atoms with Gasteiger partial charge >= 0.3 is 0 Å². The summed E-state index contributed by atoms with van der Waals surface area (Å²) in [5, 5.41) is 12.3. The monoisotopic (exact) mass is 311 g/mol. The number of anilines is 1. The van der Waals surface area contributed by atoms with E-state index in [4.69, 9.17) is 16.7 Å². The lowest BCUT2D eigenvalue weighted by Crippen LogP contribution is -2.49. The number of nitrogens with one attached hydrogen (secondary N) is 1. The average molecular weight is 312 g/mol. The van der Waals surface area contributed by atoms with Gasteiger partial charge in [0.2, 0.25) is 5.91 Å². The van der Waals surface area contributed by atoms with Crippen molar-refractivity contribution < 1.29 is 9.90 Å². The highest BCUT2D eigenvalue weighted by atomic mass is 35.5. The zero-order valence-corrected chi connectivity index (χ0v) is 13.1. The van der Waals surface area contributed by atoms with Gasteiger partial charge in [-0.3, -0.25) is 14.6 Å². The summed E-state index contributed by atoms with van der Waals surface area (Å²) in [4.78, 5) is 16.4. The quantitative estimate of drug-likeness (QED) is 0.858. The van der Waals surface area contributed by atoms with Crippen molar-refractivity contribution >= 4 is 23.2 Å². The van der Waals surface area contributed by atoms with Crippen molar-refractivity contribution in [3.05, 3.63) is 28.8 Å². The first-order valence-electron chi connectivity index (χ1n) is 7.20. The Morgan fingerprint density at radius 2 is 1.95 bits per heavy atom. The summed E-state index contributed by atoms with van der Waals surface area (Å²) in [6, 6.07) is 5.59. The molecule has 0 unspecified atom stereocenters. The molecule has 0 atom stereocenters. The number of piperazine rings is 1. The third-order valence-corrected chi connectivity index (χ3v) is 3.96. The van der Waals surface area contributed by atoms with Crippen molar-refractivity contribution in [2.45, 2.75) is 6.92 Å². The van der Waals surface area contributed by atoms with Crippen molar-refractivity contribution in [1.82, 2.24) is 9.80 Å². The van der Waals surface area contributed by atoms with E-state index in [9.17, 15) is 4.79 Å². The number of nitrogens with zero attached hydrogens (tertiary/aromatic N) is 2. The van der Waals surface area contributed by atoms with Gasteiger partial charge < -0.3 is 10.4 Å². The van der Waals surface area contributed by atoms with Crippen LogP contribution in [0.25, 0.3) is 0 Å². The van der Waals surface area contributed by atoms with Gasteiger partial charge in [-0.2, -0.15) is 0 Å². The predicted molar refractivity (Wildman–Crippen MR) is 84.8 cm³/mol. The highest BCUT2D eigenvalue weighted by Crippen LogP contribution is 2.22. The fourth-order valence-corrected chi connectivity index (χ4v) is 2.71. The molecule has 2 N–H and O–H groups in total. The smallest absolute Gasteiger partial charge is 0.238 e. The number of carbonyl (C=O) groups excluding carboxylic acids is 1. The maximum Gasteiger partial charge on any atom is 0.238 e. The Morgan fingerprint density at radius 3 is 2.57 bits per heavy atom. The highest BCUT2D eigenvalue weighted by molar-refractivity contribution is 6.33. The van der Waals surface area contributed by atoms with Crippen LogP contribution >= 0.6 is 11.6 Å². The van der Waals surface area contributed by atoms with Gasteiger partial charge in [0.15, 0.2) is 0 Å². The van der Waals surface area contributed by atoms with E-state index in [1.54, 1.807) is 0 Å². The zero-order chi connectivity index (χ0) is 15.2. The summed E-state index contributed by atoms with van der Waals surface area (Å²) in [5.41, 5.74) is 1.73.